The van der Waals surface area contributed by atoms with Gasteiger partial charge in [0.05, 0.1) is 69.0 Å². The van der Waals surface area contributed by atoms with Crippen LogP contribution in [0.3, 0.4) is 0 Å². The average molecular weight is 1130 g/mol. The number of nitrogens with zero attached hydrogens (tertiary/aromatic N) is 8. The number of aromatic nitrogens is 7. The van der Waals surface area contributed by atoms with Crippen molar-refractivity contribution in [2.24, 2.45) is 0 Å². The summed E-state index contributed by atoms with van der Waals surface area (Å²) >= 11 is 0. The molecule has 0 amide bonds. The zero-order valence-corrected chi connectivity index (χ0v) is 47.7. The summed E-state index contributed by atoms with van der Waals surface area (Å²) in [4.78, 5) is 24.4. The van der Waals surface area contributed by atoms with E-state index in [2.05, 4.69) is 191 Å². The third kappa shape index (κ3) is 9.80. The standard InChI is InChI=1S/C80H52N8/c1-53(17-7-6-16-37-81)80-78(87-74-30-26-58(62-34-38-84-71(46-62)55-20-10-3-11-21-55)42-67(74)68-43-59(27-31-75(68)87)63-35-39-85-72(47-63)56-22-12-4-13-23-56)51-83-52-79(80)88-76-32-28-60(64-36-40-86-73(48-64)57-24-14-5-15-25-57)44-69(76)70-45-61(29-33-77(70)88)66-41-65(49-82-50-66)54-18-8-2-9-19-54/h2-36,38-52H,1H2/b16-6-,17-7-. The van der Waals surface area contributed by atoms with Crippen LogP contribution in [-0.2, 0) is 0 Å². The Hall–Kier alpha value is -12.2. The average Bonchev–Trinajstić information content (AvgIpc) is 1.68. The molecule has 0 saturated carbocycles. The molecule has 8 nitrogen and oxygen atoms in total. The normalized spacial score (nSPS) is 11.6. The number of allylic oxidation sites excluding steroid dienone is 5. The molecule has 15 aromatic rings. The number of fused-ring (bicyclic) bond motifs is 6. The van der Waals surface area contributed by atoms with Crippen LogP contribution in [0.2, 0.25) is 0 Å². The van der Waals surface area contributed by atoms with E-state index < -0.39 is 0 Å². The third-order valence-electron chi connectivity index (χ3n) is 16.5. The summed E-state index contributed by atoms with van der Waals surface area (Å²) in [6.45, 7) is 4.85. The molecule has 8 heteroatoms. The fraction of sp³-hybridized carbons (Fsp3) is 0. The molecule has 0 saturated heterocycles. The minimum Gasteiger partial charge on any atom is -0.307 e. The van der Waals surface area contributed by atoms with Gasteiger partial charge in [-0.1, -0.05) is 170 Å². The second kappa shape index (κ2) is 22.8. The van der Waals surface area contributed by atoms with Crippen LogP contribution in [0.1, 0.15) is 5.56 Å². The summed E-state index contributed by atoms with van der Waals surface area (Å²) in [5.74, 6) is 0. The molecule has 0 atom stereocenters. The highest BCUT2D eigenvalue weighted by atomic mass is 15.0. The molecule has 0 aliphatic rings. The zero-order chi connectivity index (χ0) is 58.9. The van der Waals surface area contributed by atoms with Crippen molar-refractivity contribution >= 4 is 49.2 Å². The molecular weight excluding hydrogens is 1070 g/mol. The Balaban J connectivity index is 0.966. The van der Waals surface area contributed by atoms with E-state index in [0.29, 0.717) is 0 Å². The van der Waals surface area contributed by atoms with E-state index in [1.54, 1.807) is 6.08 Å². The molecule has 7 aromatic heterocycles. The highest BCUT2D eigenvalue weighted by Gasteiger charge is 2.24. The van der Waals surface area contributed by atoms with Crippen LogP contribution >= 0.6 is 0 Å². The van der Waals surface area contributed by atoms with Crippen LogP contribution in [0.15, 0.2) is 311 Å². The molecule has 0 radical (unpaired) electrons. The second-order valence-electron chi connectivity index (χ2n) is 21.7. The summed E-state index contributed by atoms with van der Waals surface area (Å²) < 4.78 is 4.67. The molecule has 7 heterocycles. The van der Waals surface area contributed by atoms with Gasteiger partial charge >= 0.3 is 0 Å². The summed E-state index contributed by atoms with van der Waals surface area (Å²) in [6.07, 6.45) is 20.5. The number of benzene rings is 8. The van der Waals surface area contributed by atoms with E-state index >= 15 is 0 Å². The van der Waals surface area contributed by atoms with Crippen molar-refractivity contribution in [3.8, 4) is 107 Å². The Bertz CT molecular complexity index is 4700. The van der Waals surface area contributed by atoms with E-state index in [0.717, 1.165) is 156 Å². The zero-order valence-electron chi connectivity index (χ0n) is 47.7. The molecule has 0 spiro atoms. The van der Waals surface area contributed by atoms with Crippen LogP contribution in [0.4, 0.5) is 0 Å². The second-order valence-corrected chi connectivity index (χ2v) is 21.7. The predicted octanol–water partition coefficient (Wildman–Crippen LogP) is 19.8. The highest BCUT2D eigenvalue weighted by molar-refractivity contribution is 6.14. The van der Waals surface area contributed by atoms with Crippen molar-refractivity contribution in [3.63, 3.8) is 0 Å². The summed E-state index contributed by atoms with van der Waals surface area (Å²) in [5, 5.41) is 13.8. The molecule has 0 fully saturated rings. The predicted molar refractivity (Wildman–Crippen MR) is 361 cm³/mol. The molecular formula is C80H52N8. The van der Waals surface area contributed by atoms with Crippen LogP contribution in [0.25, 0.3) is 150 Å². The fourth-order valence-corrected chi connectivity index (χ4v) is 12.3. The smallest absolute Gasteiger partial charge is 0.0912 e. The maximum absolute atomic E-state index is 9.60. The van der Waals surface area contributed by atoms with Gasteiger partial charge < -0.3 is 9.13 Å². The molecule has 0 bridgehead atoms. The minimum atomic E-state index is 0.728. The molecule has 88 heavy (non-hydrogen) atoms. The largest absolute Gasteiger partial charge is 0.307 e. The molecule has 0 aliphatic carbocycles. The maximum atomic E-state index is 9.60. The minimum absolute atomic E-state index is 0.728. The van der Waals surface area contributed by atoms with E-state index in [1.807, 2.05) is 116 Å². The monoisotopic (exact) mass is 1120 g/mol. The van der Waals surface area contributed by atoms with Crippen molar-refractivity contribution in [1.29, 1.82) is 5.26 Å². The molecule has 412 valence electrons. The van der Waals surface area contributed by atoms with Gasteiger partial charge in [-0.3, -0.25) is 24.9 Å². The van der Waals surface area contributed by atoms with Crippen LogP contribution in [0.5, 0.6) is 0 Å². The van der Waals surface area contributed by atoms with E-state index in [9.17, 15) is 5.26 Å². The van der Waals surface area contributed by atoms with Crippen molar-refractivity contribution in [2.45, 2.75) is 0 Å². The van der Waals surface area contributed by atoms with Gasteiger partial charge in [-0.05, 0) is 141 Å². The van der Waals surface area contributed by atoms with Gasteiger partial charge in [-0.2, -0.15) is 5.26 Å². The Morgan fingerprint density at radius 1 is 0.341 bits per heavy atom. The van der Waals surface area contributed by atoms with Crippen LogP contribution < -0.4 is 0 Å². The Morgan fingerprint density at radius 2 is 0.682 bits per heavy atom. The van der Waals surface area contributed by atoms with Gasteiger partial charge in [0.25, 0.3) is 0 Å². The van der Waals surface area contributed by atoms with E-state index in [1.165, 1.54) is 6.08 Å². The number of pyridine rings is 5. The lowest BCUT2D eigenvalue weighted by molar-refractivity contribution is 1.08. The summed E-state index contributed by atoms with van der Waals surface area (Å²) in [5.41, 5.74) is 23.6. The highest BCUT2D eigenvalue weighted by Crippen LogP contribution is 2.44. The molecule has 0 aliphatic heterocycles. The quantitative estimate of drug-likeness (QED) is 0.0843. The molecule has 8 aromatic carbocycles. The van der Waals surface area contributed by atoms with Gasteiger partial charge in [-0.15, -0.1) is 0 Å². The van der Waals surface area contributed by atoms with Gasteiger partial charge in [0.1, 0.15) is 0 Å². The lowest BCUT2D eigenvalue weighted by Crippen LogP contribution is -2.06. The van der Waals surface area contributed by atoms with Gasteiger partial charge in [0.15, 0.2) is 0 Å². The lowest BCUT2D eigenvalue weighted by Gasteiger charge is -2.20. The first-order valence-electron chi connectivity index (χ1n) is 29.1. The van der Waals surface area contributed by atoms with Crippen molar-refractivity contribution in [1.82, 2.24) is 34.1 Å². The first-order chi connectivity index (χ1) is 43.5. The third-order valence-corrected chi connectivity index (χ3v) is 16.5. The van der Waals surface area contributed by atoms with Crippen LogP contribution in [-0.4, -0.2) is 34.1 Å². The Labute approximate surface area is 509 Å². The first-order valence-corrected chi connectivity index (χ1v) is 29.1. The molecule has 15 rings (SSSR count). The number of rotatable bonds is 13. The maximum Gasteiger partial charge on any atom is 0.0912 e. The SMILES string of the molecule is C=C(/C=C\C=C/C#N)c1c(-n2c3ccc(-c4cncc(-c5ccccc5)c4)cc3c3cc(-c4ccnc(-c5ccccc5)c4)ccc32)cncc1-n1c2ccc(-c3ccnc(-c4ccccc4)c3)cc2c2cc(-c3ccnc(-c4ccccc4)c3)ccc21. The lowest BCUT2D eigenvalue weighted by atomic mass is 9.99. The van der Waals surface area contributed by atoms with Gasteiger partial charge in [0.2, 0.25) is 0 Å². The topological polar surface area (TPSA) is 98.1 Å². The molecule has 0 unspecified atom stereocenters. The Morgan fingerprint density at radius 3 is 1.07 bits per heavy atom. The van der Waals surface area contributed by atoms with Gasteiger partial charge in [0, 0.05) is 92.0 Å². The fourth-order valence-electron chi connectivity index (χ4n) is 12.3. The summed E-state index contributed by atoms with van der Waals surface area (Å²) in [6, 6.07) is 85.3. The van der Waals surface area contributed by atoms with E-state index in [4.69, 9.17) is 31.5 Å². The summed E-state index contributed by atoms with van der Waals surface area (Å²) in [7, 11) is 0. The van der Waals surface area contributed by atoms with Crippen LogP contribution in [0, 0.1) is 11.3 Å². The van der Waals surface area contributed by atoms with Gasteiger partial charge in [-0.25, -0.2) is 0 Å². The van der Waals surface area contributed by atoms with Crippen molar-refractivity contribution in [3.05, 3.63) is 316 Å². The van der Waals surface area contributed by atoms with E-state index in [-0.39, 0.29) is 0 Å². The number of nitriles is 1. The number of hydrogen-bond donors (Lipinski definition) is 0. The Kier molecular flexibility index (Phi) is 13.6. The van der Waals surface area contributed by atoms with Crippen molar-refractivity contribution in [2.75, 3.05) is 0 Å². The molecule has 0 N–H and O–H groups in total. The first kappa shape index (κ1) is 52.6. The van der Waals surface area contributed by atoms with Crippen molar-refractivity contribution < 1.29 is 0 Å². The number of hydrogen-bond acceptors (Lipinski definition) is 6.